The van der Waals surface area contributed by atoms with Crippen LogP contribution in [0.3, 0.4) is 0 Å². The van der Waals surface area contributed by atoms with Crippen LogP contribution in [0.25, 0.3) is 0 Å². The van der Waals surface area contributed by atoms with Crippen LogP contribution in [0.5, 0.6) is 0 Å². The molecule has 1 fully saturated rings. The molecular weight excluding hydrogens is 330 g/mol. The Balaban J connectivity index is 0.00000242. The maximum atomic E-state index is 12.8. The molecule has 1 aromatic carbocycles. The van der Waals surface area contributed by atoms with E-state index < -0.39 is 14.9 Å². The van der Waals surface area contributed by atoms with E-state index in [2.05, 4.69) is 5.32 Å². The van der Waals surface area contributed by atoms with E-state index in [0.29, 0.717) is 30.8 Å². The first-order chi connectivity index (χ1) is 9.84. The van der Waals surface area contributed by atoms with Crippen molar-refractivity contribution < 1.29 is 13.3 Å². The Labute approximate surface area is 136 Å². The Morgan fingerprint density at radius 1 is 1.18 bits per heavy atom. The molecule has 0 unspecified atom stereocenters. The van der Waals surface area contributed by atoms with Crippen molar-refractivity contribution in [2.75, 3.05) is 26.2 Å². The van der Waals surface area contributed by atoms with Crippen LogP contribution in [0.15, 0.2) is 17.0 Å². The molecule has 0 amide bonds. The van der Waals surface area contributed by atoms with Gasteiger partial charge in [0.25, 0.3) is 5.69 Å². The van der Waals surface area contributed by atoms with E-state index in [1.54, 1.807) is 13.8 Å². The number of halogens is 1. The van der Waals surface area contributed by atoms with Crippen molar-refractivity contribution in [1.29, 1.82) is 0 Å². The van der Waals surface area contributed by atoms with Gasteiger partial charge < -0.3 is 5.32 Å². The molecule has 1 aliphatic rings. The number of rotatable bonds is 3. The molecule has 0 aromatic heterocycles. The first-order valence-electron chi connectivity index (χ1n) is 6.80. The van der Waals surface area contributed by atoms with Gasteiger partial charge in [-0.3, -0.25) is 10.1 Å². The van der Waals surface area contributed by atoms with Gasteiger partial charge in [0.1, 0.15) is 0 Å². The number of benzene rings is 1. The fourth-order valence-electron chi connectivity index (χ4n) is 2.63. The minimum absolute atomic E-state index is 0. The SMILES string of the molecule is Cc1cc([N+](=O)[O-])cc(C)c1S(=O)(=O)N1CCCNCC1.Cl. The van der Waals surface area contributed by atoms with Crippen molar-refractivity contribution in [1.82, 2.24) is 9.62 Å². The number of nitrogens with one attached hydrogen (secondary N) is 1. The van der Waals surface area contributed by atoms with Gasteiger partial charge in [-0.25, -0.2) is 8.42 Å². The zero-order chi connectivity index (χ0) is 15.6. The Kier molecular flexibility index (Phi) is 6.30. The number of nitrogens with zero attached hydrogens (tertiary/aromatic N) is 2. The van der Waals surface area contributed by atoms with Crippen molar-refractivity contribution >= 4 is 28.1 Å². The number of aryl methyl sites for hydroxylation is 2. The van der Waals surface area contributed by atoms with Crippen LogP contribution in [-0.4, -0.2) is 43.8 Å². The summed E-state index contributed by atoms with van der Waals surface area (Å²) >= 11 is 0. The van der Waals surface area contributed by atoms with Gasteiger partial charge in [0.15, 0.2) is 0 Å². The van der Waals surface area contributed by atoms with Crippen LogP contribution in [0.4, 0.5) is 5.69 Å². The molecule has 7 nitrogen and oxygen atoms in total. The molecule has 0 radical (unpaired) electrons. The summed E-state index contributed by atoms with van der Waals surface area (Å²) in [5.41, 5.74) is 0.749. The van der Waals surface area contributed by atoms with Crippen LogP contribution >= 0.6 is 12.4 Å². The highest BCUT2D eigenvalue weighted by Gasteiger charge is 2.29. The van der Waals surface area contributed by atoms with Gasteiger partial charge in [-0.15, -0.1) is 12.4 Å². The fourth-order valence-corrected chi connectivity index (χ4v) is 4.52. The van der Waals surface area contributed by atoms with Gasteiger partial charge >= 0.3 is 0 Å². The van der Waals surface area contributed by atoms with Gasteiger partial charge in [0, 0.05) is 31.8 Å². The average Bonchev–Trinajstić information content (AvgIpc) is 2.66. The zero-order valence-corrected chi connectivity index (χ0v) is 14.2. The minimum Gasteiger partial charge on any atom is -0.315 e. The summed E-state index contributed by atoms with van der Waals surface area (Å²) < 4.78 is 27.0. The van der Waals surface area contributed by atoms with Gasteiger partial charge in [-0.05, 0) is 37.9 Å². The normalized spacial score (nSPS) is 16.6. The van der Waals surface area contributed by atoms with Crippen LogP contribution in [-0.2, 0) is 10.0 Å². The smallest absolute Gasteiger partial charge is 0.270 e. The van der Waals surface area contributed by atoms with Crippen molar-refractivity contribution in [3.05, 3.63) is 33.4 Å². The van der Waals surface area contributed by atoms with E-state index in [1.165, 1.54) is 16.4 Å². The summed E-state index contributed by atoms with van der Waals surface area (Å²) in [5.74, 6) is 0. The summed E-state index contributed by atoms with van der Waals surface area (Å²) in [6.07, 6.45) is 0.754. The molecule has 0 aliphatic carbocycles. The summed E-state index contributed by atoms with van der Waals surface area (Å²) in [4.78, 5) is 10.5. The van der Waals surface area contributed by atoms with E-state index >= 15 is 0 Å². The first kappa shape index (κ1) is 18.8. The van der Waals surface area contributed by atoms with E-state index in [0.717, 1.165) is 13.0 Å². The quantitative estimate of drug-likeness (QED) is 0.661. The Hall–Kier alpha value is -1.22. The number of hydrogen-bond acceptors (Lipinski definition) is 5. The van der Waals surface area contributed by atoms with Crippen LogP contribution in [0.2, 0.25) is 0 Å². The van der Waals surface area contributed by atoms with Crippen molar-refractivity contribution in [3.63, 3.8) is 0 Å². The lowest BCUT2D eigenvalue weighted by molar-refractivity contribution is -0.385. The van der Waals surface area contributed by atoms with Crippen molar-refractivity contribution in [3.8, 4) is 0 Å². The van der Waals surface area contributed by atoms with Crippen LogP contribution in [0.1, 0.15) is 17.5 Å². The summed E-state index contributed by atoms with van der Waals surface area (Å²) in [6.45, 7) is 5.49. The maximum Gasteiger partial charge on any atom is 0.270 e. The lowest BCUT2D eigenvalue weighted by atomic mass is 10.1. The predicted molar refractivity (Wildman–Crippen MR) is 86.1 cm³/mol. The molecule has 0 atom stereocenters. The molecule has 9 heteroatoms. The van der Waals surface area contributed by atoms with Crippen LogP contribution in [0, 0.1) is 24.0 Å². The number of nitro benzene ring substituents is 1. The first-order valence-corrected chi connectivity index (χ1v) is 8.24. The standard InChI is InChI=1S/C13H19N3O4S.ClH/c1-10-8-12(16(17)18)9-11(2)13(10)21(19,20)15-6-3-4-14-5-7-15;/h8-9,14H,3-7H2,1-2H3;1H. The van der Waals surface area contributed by atoms with E-state index in [9.17, 15) is 18.5 Å². The molecule has 1 aromatic rings. The topological polar surface area (TPSA) is 92.5 Å². The second kappa shape index (κ2) is 7.36. The Morgan fingerprint density at radius 2 is 1.77 bits per heavy atom. The highest BCUT2D eigenvalue weighted by Crippen LogP contribution is 2.28. The second-order valence-corrected chi connectivity index (χ2v) is 7.05. The monoisotopic (exact) mass is 349 g/mol. The van der Waals surface area contributed by atoms with Gasteiger partial charge in [-0.2, -0.15) is 4.31 Å². The lowest BCUT2D eigenvalue weighted by Crippen LogP contribution is -2.35. The average molecular weight is 350 g/mol. The third-order valence-electron chi connectivity index (χ3n) is 3.55. The maximum absolute atomic E-state index is 12.8. The van der Waals surface area contributed by atoms with Gasteiger partial charge in [-0.1, -0.05) is 0 Å². The summed E-state index contributed by atoms with van der Waals surface area (Å²) in [5, 5.41) is 14.0. The van der Waals surface area contributed by atoms with Gasteiger partial charge in [0.05, 0.1) is 9.82 Å². The molecule has 124 valence electrons. The molecule has 1 aliphatic heterocycles. The number of sulfonamides is 1. The van der Waals surface area contributed by atoms with E-state index in [1.807, 2.05) is 0 Å². The molecule has 22 heavy (non-hydrogen) atoms. The third kappa shape index (κ3) is 3.75. The molecular formula is C13H20ClN3O4S. The Morgan fingerprint density at radius 3 is 2.32 bits per heavy atom. The summed E-state index contributed by atoms with van der Waals surface area (Å²) in [6, 6.07) is 2.63. The molecule has 0 saturated carbocycles. The number of hydrogen-bond donors (Lipinski definition) is 1. The molecule has 1 heterocycles. The molecule has 1 saturated heterocycles. The van der Waals surface area contributed by atoms with Crippen LogP contribution < -0.4 is 5.32 Å². The molecule has 1 N–H and O–H groups in total. The van der Waals surface area contributed by atoms with E-state index in [4.69, 9.17) is 0 Å². The zero-order valence-electron chi connectivity index (χ0n) is 12.5. The number of nitro groups is 1. The lowest BCUT2D eigenvalue weighted by Gasteiger charge is -2.22. The summed E-state index contributed by atoms with van der Waals surface area (Å²) in [7, 11) is -3.62. The van der Waals surface area contributed by atoms with E-state index in [-0.39, 0.29) is 23.0 Å². The molecule has 0 bridgehead atoms. The highest BCUT2D eigenvalue weighted by atomic mass is 35.5. The largest absolute Gasteiger partial charge is 0.315 e. The molecule has 0 spiro atoms. The fraction of sp³-hybridized carbons (Fsp3) is 0.538. The predicted octanol–water partition coefficient (Wildman–Crippen LogP) is 1.62. The highest BCUT2D eigenvalue weighted by molar-refractivity contribution is 7.89. The third-order valence-corrected chi connectivity index (χ3v) is 5.76. The second-order valence-electron chi connectivity index (χ2n) is 5.17. The van der Waals surface area contributed by atoms with Crippen molar-refractivity contribution in [2.45, 2.75) is 25.2 Å². The van der Waals surface area contributed by atoms with Crippen molar-refractivity contribution in [2.24, 2.45) is 0 Å². The minimum atomic E-state index is -3.62. The number of non-ortho nitro benzene ring substituents is 1. The molecule has 2 rings (SSSR count). The Bertz CT molecular complexity index is 632. The van der Waals surface area contributed by atoms with Gasteiger partial charge in [0.2, 0.25) is 10.0 Å².